The Morgan fingerprint density at radius 1 is 0.909 bits per heavy atom. The molecule has 0 unspecified atom stereocenters. The van der Waals surface area contributed by atoms with E-state index in [0.29, 0.717) is 0 Å². The fraction of sp³-hybridized carbons (Fsp3) is 0.438. The Bertz CT molecular complexity index is 556. The Hall–Kier alpha value is -2.37. The Balaban J connectivity index is 2.71. The molecule has 0 atom stereocenters. The number of carbonyl (C=O) groups is 3. The van der Waals surface area contributed by atoms with Crippen LogP contribution in [-0.4, -0.2) is 31.3 Å². The second-order valence-corrected chi connectivity index (χ2v) is 5.50. The monoisotopic (exact) mass is 308 g/mol. The van der Waals surface area contributed by atoms with Crippen molar-refractivity contribution in [3.8, 4) is 0 Å². The maximum absolute atomic E-state index is 12.0. The van der Waals surface area contributed by atoms with Crippen LogP contribution in [0.5, 0.6) is 0 Å². The zero-order chi connectivity index (χ0) is 16.8. The minimum Gasteiger partial charge on any atom is -0.462 e. The van der Waals surface area contributed by atoms with Gasteiger partial charge in [-0.05, 0) is 39.8 Å². The van der Waals surface area contributed by atoms with Crippen molar-refractivity contribution in [3.05, 3.63) is 35.4 Å². The summed E-state index contributed by atoms with van der Waals surface area (Å²) in [6.07, 6.45) is 0. The zero-order valence-corrected chi connectivity index (χ0v) is 13.2. The van der Waals surface area contributed by atoms with Gasteiger partial charge in [-0.15, -0.1) is 0 Å². The van der Waals surface area contributed by atoms with E-state index < -0.39 is 30.1 Å². The van der Waals surface area contributed by atoms with E-state index in [1.807, 2.05) is 0 Å². The Morgan fingerprint density at radius 3 is 1.86 bits per heavy atom. The van der Waals surface area contributed by atoms with Crippen LogP contribution in [0.4, 0.5) is 0 Å². The molecule has 1 aromatic rings. The minimum absolute atomic E-state index is 0.0627. The molecule has 22 heavy (non-hydrogen) atoms. The standard InChI is InChI=1S/C16H20O6/c1-5-20-13(17)11-8-6-7-9-12(11)14(18)21-10-22-15(19)16(2,3)4/h6-9H,5,10H2,1-4H3. The molecule has 0 aromatic heterocycles. The summed E-state index contributed by atoms with van der Waals surface area (Å²) in [7, 11) is 0. The third-order valence-electron chi connectivity index (χ3n) is 2.63. The van der Waals surface area contributed by atoms with Gasteiger partial charge in [0.1, 0.15) is 0 Å². The average Bonchev–Trinajstić information content (AvgIpc) is 2.46. The van der Waals surface area contributed by atoms with Gasteiger partial charge in [0.05, 0.1) is 23.1 Å². The Labute approximate surface area is 129 Å². The molecule has 0 saturated heterocycles. The van der Waals surface area contributed by atoms with Crippen molar-refractivity contribution >= 4 is 17.9 Å². The molecule has 6 nitrogen and oxygen atoms in total. The normalized spacial score (nSPS) is 10.7. The molecule has 1 rings (SSSR count). The third kappa shape index (κ3) is 4.87. The number of benzene rings is 1. The largest absolute Gasteiger partial charge is 0.462 e. The topological polar surface area (TPSA) is 78.9 Å². The molecule has 0 radical (unpaired) electrons. The molecule has 0 saturated carbocycles. The van der Waals surface area contributed by atoms with Crippen LogP contribution >= 0.6 is 0 Å². The highest BCUT2D eigenvalue weighted by molar-refractivity contribution is 6.03. The number of hydrogen-bond donors (Lipinski definition) is 0. The molecule has 0 aliphatic rings. The van der Waals surface area contributed by atoms with E-state index in [0.717, 1.165) is 0 Å². The lowest BCUT2D eigenvalue weighted by Gasteiger charge is -2.16. The highest BCUT2D eigenvalue weighted by atomic mass is 16.7. The third-order valence-corrected chi connectivity index (χ3v) is 2.63. The van der Waals surface area contributed by atoms with Crippen LogP contribution < -0.4 is 0 Å². The van der Waals surface area contributed by atoms with E-state index in [1.165, 1.54) is 12.1 Å². The SMILES string of the molecule is CCOC(=O)c1ccccc1C(=O)OCOC(=O)C(C)(C)C. The minimum atomic E-state index is -0.759. The zero-order valence-electron chi connectivity index (χ0n) is 13.2. The van der Waals surface area contributed by atoms with Crippen LogP contribution in [0.25, 0.3) is 0 Å². The molecule has 0 bridgehead atoms. The van der Waals surface area contributed by atoms with E-state index in [9.17, 15) is 14.4 Å². The Morgan fingerprint density at radius 2 is 1.41 bits per heavy atom. The predicted molar refractivity (Wildman–Crippen MR) is 78.2 cm³/mol. The van der Waals surface area contributed by atoms with Crippen molar-refractivity contribution in [1.82, 2.24) is 0 Å². The van der Waals surface area contributed by atoms with Gasteiger partial charge in [0.15, 0.2) is 0 Å². The van der Waals surface area contributed by atoms with E-state index in [2.05, 4.69) is 0 Å². The van der Waals surface area contributed by atoms with Gasteiger partial charge in [0.25, 0.3) is 0 Å². The lowest BCUT2D eigenvalue weighted by Crippen LogP contribution is -2.25. The van der Waals surface area contributed by atoms with Crippen LogP contribution in [0.3, 0.4) is 0 Å². The summed E-state index contributed by atoms with van der Waals surface area (Å²) in [5.41, 5.74) is -0.515. The van der Waals surface area contributed by atoms with Crippen molar-refractivity contribution < 1.29 is 28.6 Å². The van der Waals surface area contributed by atoms with Crippen LogP contribution in [-0.2, 0) is 19.0 Å². The van der Waals surface area contributed by atoms with Crippen molar-refractivity contribution in [1.29, 1.82) is 0 Å². The van der Waals surface area contributed by atoms with Crippen LogP contribution in [0, 0.1) is 5.41 Å². The summed E-state index contributed by atoms with van der Waals surface area (Å²) in [4.78, 5) is 35.3. The number of esters is 3. The first-order valence-electron chi connectivity index (χ1n) is 6.88. The number of ether oxygens (including phenoxy) is 3. The van der Waals surface area contributed by atoms with Gasteiger partial charge in [-0.1, -0.05) is 12.1 Å². The second kappa shape index (κ2) is 7.59. The molecule has 0 heterocycles. The molecule has 0 aliphatic heterocycles. The molecule has 0 spiro atoms. The van der Waals surface area contributed by atoms with Gasteiger partial charge in [-0.25, -0.2) is 9.59 Å². The van der Waals surface area contributed by atoms with E-state index in [4.69, 9.17) is 14.2 Å². The van der Waals surface area contributed by atoms with Crippen LogP contribution in [0.2, 0.25) is 0 Å². The molecule has 6 heteroatoms. The first-order chi connectivity index (χ1) is 10.3. The number of hydrogen-bond acceptors (Lipinski definition) is 6. The lowest BCUT2D eigenvalue weighted by atomic mass is 9.98. The highest BCUT2D eigenvalue weighted by Crippen LogP contribution is 2.16. The fourth-order valence-corrected chi connectivity index (χ4v) is 1.48. The first kappa shape index (κ1) is 17.7. The second-order valence-electron chi connectivity index (χ2n) is 5.50. The number of carbonyl (C=O) groups excluding carboxylic acids is 3. The summed E-state index contributed by atoms with van der Waals surface area (Å²) in [5, 5.41) is 0. The van der Waals surface area contributed by atoms with Crippen molar-refractivity contribution in [2.24, 2.45) is 5.41 Å². The van der Waals surface area contributed by atoms with E-state index in [1.54, 1.807) is 39.8 Å². The summed E-state index contributed by atoms with van der Waals surface area (Å²) in [5.74, 6) is -1.86. The van der Waals surface area contributed by atoms with E-state index >= 15 is 0 Å². The van der Waals surface area contributed by atoms with Gasteiger partial charge in [-0.3, -0.25) is 4.79 Å². The summed E-state index contributed by atoms with van der Waals surface area (Å²) >= 11 is 0. The quantitative estimate of drug-likeness (QED) is 0.614. The molecule has 0 amide bonds. The van der Waals surface area contributed by atoms with Gasteiger partial charge in [0, 0.05) is 0 Å². The summed E-state index contributed by atoms with van der Waals surface area (Å²) in [6.45, 7) is 6.43. The van der Waals surface area contributed by atoms with Gasteiger partial charge in [-0.2, -0.15) is 0 Å². The summed E-state index contributed by atoms with van der Waals surface area (Å²) in [6, 6.07) is 6.12. The molecule has 1 aromatic carbocycles. The maximum atomic E-state index is 12.0. The molecule has 0 N–H and O–H groups in total. The molecule has 120 valence electrons. The average molecular weight is 308 g/mol. The Kier molecular flexibility index (Phi) is 6.10. The predicted octanol–water partition coefficient (Wildman–Crippen LogP) is 2.57. The summed E-state index contributed by atoms with van der Waals surface area (Å²) < 4.78 is 14.6. The van der Waals surface area contributed by atoms with Crippen LogP contribution in [0.1, 0.15) is 48.4 Å². The maximum Gasteiger partial charge on any atom is 0.341 e. The van der Waals surface area contributed by atoms with Crippen molar-refractivity contribution in [2.45, 2.75) is 27.7 Å². The van der Waals surface area contributed by atoms with Crippen LogP contribution in [0.15, 0.2) is 24.3 Å². The lowest BCUT2D eigenvalue weighted by molar-refractivity contribution is -0.161. The van der Waals surface area contributed by atoms with Gasteiger partial charge < -0.3 is 14.2 Å². The van der Waals surface area contributed by atoms with E-state index in [-0.39, 0.29) is 17.7 Å². The molecular weight excluding hydrogens is 288 g/mol. The van der Waals surface area contributed by atoms with Gasteiger partial charge in [0.2, 0.25) is 6.79 Å². The smallest absolute Gasteiger partial charge is 0.341 e. The molecular formula is C16H20O6. The molecule has 0 aliphatic carbocycles. The first-order valence-corrected chi connectivity index (χ1v) is 6.88. The highest BCUT2D eigenvalue weighted by Gasteiger charge is 2.24. The van der Waals surface area contributed by atoms with Crippen molar-refractivity contribution in [2.75, 3.05) is 13.4 Å². The fourth-order valence-electron chi connectivity index (χ4n) is 1.48. The molecule has 0 fully saturated rings. The number of rotatable bonds is 5. The van der Waals surface area contributed by atoms with Crippen molar-refractivity contribution in [3.63, 3.8) is 0 Å². The van der Waals surface area contributed by atoms with Gasteiger partial charge >= 0.3 is 17.9 Å².